The molecule has 3 saturated heterocycles. The summed E-state index contributed by atoms with van der Waals surface area (Å²) in [4.78, 5) is 5.58. The van der Waals surface area contributed by atoms with Crippen molar-refractivity contribution in [1.82, 2.24) is 9.80 Å². The van der Waals surface area contributed by atoms with Crippen molar-refractivity contribution in [3.63, 3.8) is 0 Å². The topological polar surface area (TPSA) is 53.7 Å². The van der Waals surface area contributed by atoms with Crippen LogP contribution in [-0.2, 0) is 6.42 Å². The highest BCUT2D eigenvalue weighted by molar-refractivity contribution is 5.36. The predicted molar refractivity (Wildman–Crippen MR) is 143 cm³/mol. The van der Waals surface area contributed by atoms with Crippen LogP contribution in [0.4, 0.5) is 0 Å². The van der Waals surface area contributed by atoms with Gasteiger partial charge in [0, 0.05) is 36.2 Å². The molecule has 3 bridgehead atoms. The molecule has 1 spiro atoms. The van der Waals surface area contributed by atoms with Crippen LogP contribution in [0.1, 0.15) is 82.6 Å². The molecule has 0 saturated carbocycles. The first-order valence-corrected chi connectivity index (χ1v) is 14.8. The van der Waals surface area contributed by atoms with E-state index in [0.717, 1.165) is 43.5 Å². The van der Waals surface area contributed by atoms with Gasteiger partial charge in [-0.15, -0.1) is 0 Å². The lowest BCUT2D eigenvalue weighted by Gasteiger charge is -2.58. The molecule has 0 amide bonds. The van der Waals surface area contributed by atoms with Gasteiger partial charge in [-0.05, 0) is 95.3 Å². The van der Waals surface area contributed by atoms with Gasteiger partial charge in [-0.2, -0.15) is 4.73 Å². The Kier molecular flexibility index (Phi) is 7.00. The van der Waals surface area contributed by atoms with Crippen LogP contribution in [0.3, 0.4) is 0 Å². The van der Waals surface area contributed by atoms with Crippen LogP contribution in [0.2, 0.25) is 0 Å². The molecular formula is C31H45N3O2. The van der Waals surface area contributed by atoms with E-state index < -0.39 is 5.60 Å². The summed E-state index contributed by atoms with van der Waals surface area (Å²) in [5, 5.41) is 24.4. The van der Waals surface area contributed by atoms with Gasteiger partial charge in [0.25, 0.3) is 0 Å². The summed E-state index contributed by atoms with van der Waals surface area (Å²) in [6.07, 6.45) is 25.6. The molecule has 5 nitrogen and oxygen atoms in total. The van der Waals surface area contributed by atoms with Crippen molar-refractivity contribution in [1.29, 1.82) is 0 Å². The number of piperidine rings is 1. The first kappa shape index (κ1) is 24.6. The van der Waals surface area contributed by atoms with E-state index in [1.165, 1.54) is 82.0 Å². The third kappa shape index (κ3) is 4.56. The quantitative estimate of drug-likeness (QED) is 0.368. The van der Waals surface area contributed by atoms with Crippen molar-refractivity contribution < 1.29 is 9.84 Å². The Morgan fingerprint density at radius 2 is 1.75 bits per heavy atom. The van der Waals surface area contributed by atoms with Crippen molar-refractivity contribution in [3.8, 4) is 0 Å². The summed E-state index contributed by atoms with van der Waals surface area (Å²) in [7, 11) is 0. The predicted octanol–water partition coefficient (Wildman–Crippen LogP) is 4.77. The first-order valence-electron chi connectivity index (χ1n) is 14.8. The monoisotopic (exact) mass is 491 g/mol. The normalized spacial score (nSPS) is 40.4. The number of rotatable bonds is 2. The van der Waals surface area contributed by atoms with Crippen molar-refractivity contribution in [2.24, 2.45) is 11.3 Å². The van der Waals surface area contributed by atoms with Gasteiger partial charge in [0.05, 0.1) is 5.60 Å². The lowest BCUT2D eigenvalue weighted by Crippen LogP contribution is -2.66. The van der Waals surface area contributed by atoms with E-state index in [0.29, 0.717) is 12.0 Å². The van der Waals surface area contributed by atoms with E-state index in [4.69, 9.17) is 0 Å². The highest BCUT2D eigenvalue weighted by atomic mass is 16.5. The minimum absolute atomic E-state index is 0.122. The van der Waals surface area contributed by atoms with Gasteiger partial charge in [0.1, 0.15) is 0 Å². The summed E-state index contributed by atoms with van der Waals surface area (Å²) in [6.45, 7) is 4.65. The Morgan fingerprint density at radius 1 is 0.944 bits per heavy atom. The van der Waals surface area contributed by atoms with Crippen LogP contribution in [0.15, 0.2) is 48.3 Å². The summed E-state index contributed by atoms with van der Waals surface area (Å²) in [5.74, 6) is 0.521. The maximum atomic E-state index is 12.7. The smallest absolute Gasteiger partial charge is 0.180 e. The number of allylic oxidation sites excluding steroid dienone is 3. The Labute approximate surface area is 217 Å². The van der Waals surface area contributed by atoms with E-state index in [9.17, 15) is 10.3 Å². The number of pyridine rings is 1. The molecule has 5 aliphatic rings. The van der Waals surface area contributed by atoms with Crippen LogP contribution < -0.4 is 4.73 Å². The third-order valence-electron chi connectivity index (χ3n) is 10.2. The third-order valence-corrected chi connectivity index (χ3v) is 10.2. The van der Waals surface area contributed by atoms with Gasteiger partial charge >= 0.3 is 0 Å². The van der Waals surface area contributed by atoms with Crippen LogP contribution >= 0.6 is 0 Å². The second kappa shape index (κ2) is 10.2. The van der Waals surface area contributed by atoms with Crippen LogP contribution in [0, 0.1) is 16.5 Å². The lowest BCUT2D eigenvalue weighted by molar-refractivity contribution is -0.605. The minimum atomic E-state index is -0.797. The molecule has 1 aromatic heterocycles. The average Bonchev–Trinajstić information content (AvgIpc) is 3.14. The second-order valence-corrected chi connectivity index (χ2v) is 12.5. The van der Waals surface area contributed by atoms with E-state index >= 15 is 0 Å². The standard InChI is InChI=1S/C31H45N3O2/c35-31-15-8-4-1-2-5-9-16-32-18-14-28(26(22-31)21-25-12-19-33(36)20-13-25)30(24-32)23-27-11-7-3-6-10-17-34(27)29(30)31/h1,4,12-13,19-20,22,27-29,35H,2-3,5-11,14-18,21,23-24H2/b4-1-/t27-,28-,29?,30-,31-/m0/s1. The zero-order valence-corrected chi connectivity index (χ0v) is 22.0. The average molecular weight is 492 g/mol. The molecule has 5 heterocycles. The van der Waals surface area contributed by atoms with Gasteiger partial charge in [0.2, 0.25) is 0 Å². The number of hydrogen-bond donors (Lipinski definition) is 1. The van der Waals surface area contributed by atoms with E-state index in [1.807, 2.05) is 12.1 Å². The Balaban J connectivity index is 1.45. The zero-order valence-electron chi connectivity index (χ0n) is 22.0. The highest BCUT2D eigenvalue weighted by Crippen LogP contribution is 2.60. The summed E-state index contributed by atoms with van der Waals surface area (Å²) in [6, 6.07) is 4.77. The zero-order chi connectivity index (χ0) is 24.6. The van der Waals surface area contributed by atoms with Gasteiger partial charge < -0.3 is 15.2 Å². The SMILES string of the molecule is [O-][n+]1ccc(CC2=C[C@@]3(O)CC/C=C\CCCCN4CC[C@@H]2[C@]2(C[C@@H]5CCCCCCN5C23)C4)cc1. The minimum Gasteiger partial charge on any atom is -0.619 e. The molecule has 6 rings (SSSR count). The number of aliphatic hydroxyl groups is 1. The van der Waals surface area contributed by atoms with Crippen LogP contribution in [0.25, 0.3) is 0 Å². The molecule has 196 valence electrons. The van der Waals surface area contributed by atoms with Gasteiger partial charge in [-0.3, -0.25) is 4.90 Å². The van der Waals surface area contributed by atoms with E-state index in [-0.39, 0.29) is 11.5 Å². The molecule has 1 aliphatic carbocycles. The fourth-order valence-corrected chi connectivity index (χ4v) is 8.86. The fourth-order valence-electron chi connectivity index (χ4n) is 8.86. The van der Waals surface area contributed by atoms with Gasteiger partial charge in [-0.25, -0.2) is 0 Å². The molecule has 0 aromatic carbocycles. The van der Waals surface area contributed by atoms with Gasteiger partial charge in [-0.1, -0.05) is 43.1 Å². The lowest BCUT2D eigenvalue weighted by atomic mass is 9.54. The molecule has 36 heavy (non-hydrogen) atoms. The number of nitrogens with zero attached hydrogens (tertiary/aromatic N) is 3. The Hall–Kier alpha value is -1.69. The molecule has 3 fully saturated rings. The molecule has 1 aromatic rings. The largest absolute Gasteiger partial charge is 0.619 e. The molecule has 4 aliphatic heterocycles. The molecule has 5 heteroatoms. The summed E-state index contributed by atoms with van der Waals surface area (Å²) in [5.41, 5.74) is 1.95. The van der Waals surface area contributed by atoms with Crippen LogP contribution in [0.5, 0.6) is 0 Å². The van der Waals surface area contributed by atoms with Crippen molar-refractivity contribution >= 4 is 0 Å². The van der Waals surface area contributed by atoms with E-state index in [2.05, 4.69) is 28.0 Å². The molecule has 2 unspecified atom stereocenters. The second-order valence-electron chi connectivity index (χ2n) is 12.5. The van der Waals surface area contributed by atoms with Crippen molar-refractivity contribution in [3.05, 3.63) is 59.1 Å². The van der Waals surface area contributed by atoms with Crippen molar-refractivity contribution in [2.75, 3.05) is 26.2 Å². The van der Waals surface area contributed by atoms with E-state index in [1.54, 1.807) is 12.4 Å². The summed E-state index contributed by atoms with van der Waals surface area (Å²) < 4.78 is 0.875. The fraction of sp³-hybridized carbons (Fsp3) is 0.710. The number of fused-ring (bicyclic) bond motifs is 2. The molecule has 1 N–H and O–H groups in total. The summed E-state index contributed by atoms with van der Waals surface area (Å²) >= 11 is 0. The number of aromatic nitrogens is 1. The van der Waals surface area contributed by atoms with Crippen LogP contribution in [-0.4, -0.2) is 58.8 Å². The van der Waals surface area contributed by atoms with Crippen molar-refractivity contribution in [2.45, 2.75) is 101 Å². The maximum absolute atomic E-state index is 12.7. The maximum Gasteiger partial charge on any atom is 0.180 e. The first-order chi connectivity index (χ1) is 17.6. The molecule has 0 radical (unpaired) electrons. The number of hydrogen-bond acceptors (Lipinski definition) is 4. The molecular weight excluding hydrogens is 446 g/mol. The van der Waals surface area contributed by atoms with Gasteiger partial charge in [0.15, 0.2) is 12.4 Å². The highest BCUT2D eigenvalue weighted by Gasteiger charge is 2.65. The Morgan fingerprint density at radius 3 is 2.64 bits per heavy atom. The molecule has 6 atom stereocenters. The Bertz CT molecular complexity index is 975.